The number of epoxide rings is 1. The van der Waals surface area contributed by atoms with Gasteiger partial charge in [-0.1, -0.05) is 35.9 Å². The quantitative estimate of drug-likeness (QED) is 0.549. The number of hydrogen-bond acceptors (Lipinski definition) is 4. The number of carbonyl (C=O) groups excluding carboxylic acids is 1. The van der Waals surface area contributed by atoms with E-state index in [2.05, 4.69) is 0 Å². The van der Waals surface area contributed by atoms with Crippen LogP contribution in [0.2, 0.25) is 0 Å². The predicted molar refractivity (Wildman–Crippen MR) is 92.1 cm³/mol. The molecule has 4 nitrogen and oxygen atoms in total. The van der Waals surface area contributed by atoms with Gasteiger partial charge in [-0.05, 0) is 31.0 Å². The molecule has 0 N–H and O–H groups in total. The van der Waals surface area contributed by atoms with E-state index in [9.17, 15) is 4.79 Å². The number of ether oxygens (including phenoxy) is 3. The van der Waals surface area contributed by atoms with E-state index in [4.69, 9.17) is 14.2 Å². The van der Waals surface area contributed by atoms with Crippen LogP contribution < -0.4 is 9.47 Å². The first kappa shape index (κ1) is 16.5. The highest BCUT2D eigenvalue weighted by Gasteiger charge is 2.23. The Bertz CT molecular complexity index is 702. The molecule has 2 aromatic rings. The zero-order valence-corrected chi connectivity index (χ0v) is 14.1. The van der Waals surface area contributed by atoms with E-state index in [0.717, 1.165) is 23.3 Å². The van der Waals surface area contributed by atoms with Crippen molar-refractivity contribution in [1.29, 1.82) is 0 Å². The van der Waals surface area contributed by atoms with Crippen LogP contribution in [0.15, 0.2) is 42.5 Å². The maximum atomic E-state index is 12.3. The molecule has 0 amide bonds. The Morgan fingerprint density at radius 2 is 1.92 bits per heavy atom. The summed E-state index contributed by atoms with van der Waals surface area (Å²) in [5.41, 5.74) is 2.97. The molecule has 2 aromatic carbocycles. The normalized spacial score (nSPS) is 15.8. The number of ketones is 1. The molecule has 3 rings (SSSR count). The third kappa shape index (κ3) is 4.36. The highest BCUT2D eigenvalue weighted by molar-refractivity contribution is 5.96. The van der Waals surface area contributed by atoms with Gasteiger partial charge in [-0.2, -0.15) is 0 Å². The van der Waals surface area contributed by atoms with E-state index in [1.54, 1.807) is 7.11 Å². The number of methoxy groups -OCH3 is 1. The van der Waals surface area contributed by atoms with Gasteiger partial charge in [0, 0.05) is 12.0 Å². The Morgan fingerprint density at radius 1 is 1.17 bits per heavy atom. The lowest BCUT2D eigenvalue weighted by molar-refractivity contribution is 0.0983. The second-order valence-electron chi connectivity index (χ2n) is 6.04. The molecule has 24 heavy (non-hydrogen) atoms. The van der Waals surface area contributed by atoms with E-state index < -0.39 is 0 Å². The second-order valence-corrected chi connectivity index (χ2v) is 6.04. The molecular weight excluding hydrogens is 304 g/mol. The molecule has 1 unspecified atom stereocenters. The fourth-order valence-corrected chi connectivity index (χ4v) is 2.48. The number of hydrogen-bond donors (Lipinski definition) is 0. The van der Waals surface area contributed by atoms with Gasteiger partial charge in [0.05, 0.1) is 13.7 Å². The summed E-state index contributed by atoms with van der Waals surface area (Å²) in [6, 6.07) is 13.5. The van der Waals surface area contributed by atoms with Gasteiger partial charge in [-0.25, -0.2) is 0 Å². The first-order valence-corrected chi connectivity index (χ1v) is 8.17. The average molecular weight is 326 g/mol. The van der Waals surface area contributed by atoms with Crippen LogP contribution in [0.4, 0.5) is 0 Å². The fourth-order valence-electron chi connectivity index (χ4n) is 2.48. The molecular formula is C20H22O4. The van der Waals surface area contributed by atoms with Gasteiger partial charge in [-0.3, -0.25) is 4.79 Å². The van der Waals surface area contributed by atoms with E-state index in [0.29, 0.717) is 30.9 Å². The number of carbonyl (C=O) groups is 1. The van der Waals surface area contributed by atoms with Crippen LogP contribution in [0.3, 0.4) is 0 Å². The molecule has 4 heteroatoms. The van der Waals surface area contributed by atoms with Crippen molar-refractivity contribution < 1.29 is 19.0 Å². The van der Waals surface area contributed by atoms with Crippen LogP contribution >= 0.6 is 0 Å². The van der Waals surface area contributed by atoms with Crippen LogP contribution in [0, 0.1) is 6.92 Å². The Morgan fingerprint density at radius 3 is 2.58 bits per heavy atom. The molecule has 126 valence electrons. The monoisotopic (exact) mass is 326 g/mol. The van der Waals surface area contributed by atoms with Crippen molar-refractivity contribution in [3.63, 3.8) is 0 Å². The highest BCUT2D eigenvalue weighted by atomic mass is 16.6. The molecule has 0 bridgehead atoms. The number of rotatable bonds is 8. The van der Waals surface area contributed by atoms with Gasteiger partial charge >= 0.3 is 0 Å². The molecule has 0 aliphatic carbocycles. The van der Waals surface area contributed by atoms with Crippen LogP contribution in [0.1, 0.15) is 27.9 Å². The zero-order chi connectivity index (χ0) is 16.9. The Balaban J connectivity index is 1.62. The SMILES string of the molecule is COc1ccc(CCC(=O)c2ccc(C)cc2)cc1OCC1CO1. The first-order valence-electron chi connectivity index (χ1n) is 8.17. The minimum Gasteiger partial charge on any atom is -0.493 e. The molecule has 0 spiro atoms. The summed E-state index contributed by atoms with van der Waals surface area (Å²) < 4.78 is 16.2. The Kier molecular flexibility index (Phi) is 5.16. The van der Waals surface area contributed by atoms with Crippen molar-refractivity contribution in [1.82, 2.24) is 0 Å². The lowest BCUT2D eigenvalue weighted by Crippen LogP contribution is -2.06. The largest absolute Gasteiger partial charge is 0.493 e. The van der Waals surface area contributed by atoms with Gasteiger partial charge in [0.15, 0.2) is 17.3 Å². The number of benzene rings is 2. The third-order valence-corrected chi connectivity index (χ3v) is 4.07. The minimum absolute atomic E-state index is 0.152. The van der Waals surface area contributed by atoms with Gasteiger partial charge in [0.25, 0.3) is 0 Å². The molecule has 0 saturated carbocycles. The zero-order valence-electron chi connectivity index (χ0n) is 14.1. The maximum absolute atomic E-state index is 12.3. The molecule has 1 atom stereocenters. The van der Waals surface area contributed by atoms with Crippen LogP contribution in [-0.2, 0) is 11.2 Å². The summed E-state index contributed by atoms with van der Waals surface area (Å²) >= 11 is 0. The van der Waals surface area contributed by atoms with Crippen molar-refractivity contribution >= 4 is 5.78 Å². The fraction of sp³-hybridized carbons (Fsp3) is 0.350. The first-order chi connectivity index (χ1) is 11.7. The van der Waals surface area contributed by atoms with E-state index in [1.807, 2.05) is 49.4 Å². The van der Waals surface area contributed by atoms with Crippen molar-refractivity contribution in [2.75, 3.05) is 20.3 Å². The molecule has 1 fully saturated rings. The van der Waals surface area contributed by atoms with Crippen LogP contribution in [0.25, 0.3) is 0 Å². The Hall–Kier alpha value is -2.33. The lowest BCUT2D eigenvalue weighted by atomic mass is 10.0. The second kappa shape index (κ2) is 7.49. The van der Waals surface area contributed by atoms with Gasteiger partial charge in [0.2, 0.25) is 0 Å². The minimum atomic E-state index is 0.152. The molecule has 1 saturated heterocycles. The standard InChI is InChI=1S/C20H22O4/c1-14-3-7-16(8-4-14)18(21)9-5-15-6-10-19(22-2)20(11-15)24-13-17-12-23-17/h3-4,6-8,10-11,17H,5,9,12-13H2,1-2H3. The molecule has 1 aliphatic rings. The van der Waals surface area contributed by atoms with E-state index >= 15 is 0 Å². The maximum Gasteiger partial charge on any atom is 0.163 e. The van der Waals surface area contributed by atoms with E-state index in [-0.39, 0.29) is 11.9 Å². The molecule has 0 radical (unpaired) electrons. The summed E-state index contributed by atoms with van der Waals surface area (Å²) in [6.07, 6.45) is 1.34. The Labute approximate surface area is 142 Å². The summed E-state index contributed by atoms with van der Waals surface area (Å²) in [5, 5.41) is 0. The van der Waals surface area contributed by atoms with Crippen molar-refractivity contribution in [2.45, 2.75) is 25.9 Å². The van der Waals surface area contributed by atoms with Gasteiger partial charge in [-0.15, -0.1) is 0 Å². The van der Waals surface area contributed by atoms with Crippen molar-refractivity contribution in [3.05, 3.63) is 59.2 Å². The van der Waals surface area contributed by atoms with Gasteiger partial charge in [0.1, 0.15) is 12.7 Å². The molecule has 1 aliphatic heterocycles. The molecule has 0 aromatic heterocycles. The van der Waals surface area contributed by atoms with Crippen molar-refractivity contribution in [3.8, 4) is 11.5 Å². The summed E-state index contributed by atoms with van der Waals surface area (Å²) in [4.78, 5) is 12.3. The topological polar surface area (TPSA) is 48.1 Å². The average Bonchev–Trinajstić information content (AvgIpc) is 3.43. The van der Waals surface area contributed by atoms with Crippen LogP contribution in [-0.4, -0.2) is 32.2 Å². The molecule has 1 heterocycles. The summed E-state index contributed by atoms with van der Waals surface area (Å²) in [5.74, 6) is 1.55. The lowest BCUT2D eigenvalue weighted by Gasteiger charge is -2.11. The predicted octanol–water partition coefficient (Wildman–Crippen LogP) is 3.60. The number of Topliss-reactive ketones (excluding diaryl/α,β-unsaturated/α-hetero) is 1. The van der Waals surface area contributed by atoms with Crippen molar-refractivity contribution in [2.24, 2.45) is 0 Å². The summed E-state index contributed by atoms with van der Waals surface area (Å²) in [7, 11) is 1.62. The van der Waals surface area contributed by atoms with Gasteiger partial charge < -0.3 is 14.2 Å². The number of aryl methyl sites for hydroxylation is 2. The van der Waals surface area contributed by atoms with Crippen LogP contribution in [0.5, 0.6) is 11.5 Å². The third-order valence-electron chi connectivity index (χ3n) is 4.07. The smallest absolute Gasteiger partial charge is 0.163 e. The summed E-state index contributed by atoms with van der Waals surface area (Å²) in [6.45, 7) is 3.30. The van der Waals surface area contributed by atoms with E-state index in [1.165, 1.54) is 0 Å². The highest BCUT2D eigenvalue weighted by Crippen LogP contribution is 2.29.